The minimum atomic E-state index is -0.537. The van der Waals surface area contributed by atoms with Gasteiger partial charge < -0.3 is 4.74 Å². The van der Waals surface area contributed by atoms with Gasteiger partial charge in [-0.05, 0) is 38.0 Å². The molecular weight excluding hydrogens is 322 g/mol. The topological polar surface area (TPSA) is 39.9 Å². The molecule has 0 bridgehead atoms. The summed E-state index contributed by atoms with van der Waals surface area (Å²) in [7, 11) is 0. The quantitative estimate of drug-likeness (QED) is 0.315. The van der Waals surface area contributed by atoms with Gasteiger partial charge in [-0.25, -0.2) is 4.68 Å². The van der Waals surface area contributed by atoms with E-state index in [1.807, 2.05) is 22.9 Å². The number of benzene rings is 1. The Hall–Kier alpha value is -1.68. The van der Waals surface area contributed by atoms with E-state index < -0.39 is 5.72 Å². The van der Waals surface area contributed by atoms with E-state index in [4.69, 9.17) is 4.74 Å². The summed E-state index contributed by atoms with van der Waals surface area (Å²) in [5.41, 5.74) is 1.42. The first-order valence-electron chi connectivity index (χ1n) is 10.4. The molecule has 0 spiro atoms. The predicted molar refractivity (Wildman–Crippen MR) is 109 cm³/mol. The van der Waals surface area contributed by atoms with Crippen LogP contribution in [-0.2, 0) is 10.5 Å². The van der Waals surface area contributed by atoms with Gasteiger partial charge in [-0.15, -0.1) is 5.10 Å². The summed E-state index contributed by atoms with van der Waals surface area (Å²) in [6, 6.07) is 8.14. The zero-order chi connectivity index (χ0) is 18.7. The van der Waals surface area contributed by atoms with Gasteiger partial charge in [-0.1, -0.05) is 75.8 Å². The molecule has 1 atom stereocenters. The lowest BCUT2D eigenvalue weighted by Crippen LogP contribution is -2.36. The van der Waals surface area contributed by atoms with Crippen molar-refractivity contribution >= 4 is 11.0 Å². The predicted octanol–water partition coefficient (Wildman–Crippen LogP) is 6.23. The van der Waals surface area contributed by atoms with Crippen molar-refractivity contribution in [3.63, 3.8) is 0 Å². The molecule has 0 N–H and O–H groups in total. The Morgan fingerprint density at radius 1 is 1.00 bits per heavy atom. The van der Waals surface area contributed by atoms with Crippen LogP contribution in [0.3, 0.4) is 0 Å². The summed E-state index contributed by atoms with van der Waals surface area (Å²) in [4.78, 5) is 0. The molecule has 0 fully saturated rings. The molecule has 1 aromatic carbocycles. The number of rotatable bonds is 13. The molecule has 1 aromatic heterocycles. The molecule has 0 amide bonds. The van der Waals surface area contributed by atoms with Gasteiger partial charge in [0, 0.05) is 13.0 Å². The van der Waals surface area contributed by atoms with Gasteiger partial charge in [0.1, 0.15) is 5.52 Å². The largest absolute Gasteiger partial charge is 0.350 e. The molecule has 0 aliphatic carbocycles. The molecule has 26 heavy (non-hydrogen) atoms. The summed E-state index contributed by atoms with van der Waals surface area (Å²) in [5, 5.41) is 8.85. The van der Waals surface area contributed by atoms with Crippen LogP contribution in [0.4, 0.5) is 0 Å². The number of unbranched alkanes of at least 4 members (excludes halogenated alkanes) is 6. The lowest BCUT2D eigenvalue weighted by Gasteiger charge is -2.31. The van der Waals surface area contributed by atoms with E-state index in [-0.39, 0.29) is 0 Å². The number of nitrogens with zero attached hydrogens (tertiary/aromatic N) is 3. The number of hydrogen-bond acceptors (Lipinski definition) is 3. The molecule has 144 valence electrons. The van der Waals surface area contributed by atoms with Crippen molar-refractivity contribution in [2.75, 3.05) is 6.61 Å². The van der Waals surface area contributed by atoms with Crippen LogP contribution in [0.5, 0.6) is 0 Å². The fraction of sp³-hybridized carbons (Fsp3) is 0.636. The van der Waals surface area contributed by atoms with E-state index in [9.17, 15) is 0 Å². The highest BCUT2D eigenvalue weighted by atomic mass is 16.5. The van der Waals surface area contributed by atoms with Gasteiger partial charge >= 0.3 is 0 Å². The first-order chi connectivity index (χ1) is 12.8. The van der Waals surface area contributed by atoms with E-state index in [0.717, 1.165) is 36.7 Å². The van der Waals surface area contributed by atoms with Crippen molar-refractivity contribution in [2.24, 2.45) is 0 Å². The highest BCUT2D eigenvalue weighted by Crippen LogP contribution is 2.30. The zero-order valence-electron chi connectivity index (χ0n) is 16.8. The Morgan fingerprint density at radius 2 is 1.77 bits per heavy atom. The summed E-state index contributed by atoms with van der Waals surface area (Å²) in [6.45, 7) is 7.17. The maximum absolute atomic E-state index is 6.33. The fourth-order valence-electron chi connectivity index (χ4n) is 3.43. The molecule has 0 radical (unpaired) electrons. The highest BCUT2D eigenvalue weighted by molar-refractivity contribution is 5.74. The summed E-state index contributed by atoms with van der Waals surface area (Å²) < 4.78 is 8.32. The Morgan fingerprint density at radius 3 is 2.54 bits per heavy atom. The van der Waals surface area contributed by atoms with Crippen LogP contribution >= 0.6 is 0 Å². The van der Waals surface area contributed by atoms with Crippen LogP contribution in [0.15, 0.2) is 36.4 Å². The lowest BCUT2D eigenvalue weighted by atomic mass is 10.0. The maximum atomic E-state index is 6.33. The second kappa shape index (κ2) is 11.1. The third-order valence-corrected chi connectivity index (χ3v) is 4.83. The van der Waals surface area contributed by atoms with Crippen LogP contribution in [0, 0.1) is 0 Å². The number of para-hydroxylation sites is 1. The van der Waals surface area contributed by atoms with Crippen LogP contribution in [-0.4, -0.2) is 21.6 Å². The second-order valence-corrected chi connectivity index (χ2v) is 6.98. The molecule has 0 aliphatic heterocycles. The normalized spacial score (nSPS) is 14.3. The molecule has 1 heterocycles. The second-order valence-electron chi connectivity index (χ2n) is 6.98. The van der Waals surface area contributed by atoms with Crippen molar-refractivity contribution in [1.29, 1.82) is 0 Å². The highest BCUT2D eigenvalue weighted by Gasteiger charge is 2.32. The smallest absolute Gasteiger partial charge is 0.182 e. The van der Waals surface area contributed by atoms with Gasteiger partial charge in [-0.3, -0.25) is 0 Å². The summed E-state index contributed by atoms with van der Waals surface area (Å²) in [6.07, 6.45) is 15.2. The summed E-state index contributed by atoms with van der Waals surface area (Å²) >= 11 is 0. The van der Waals surface area contributed by atoms with E-state index in [0.29, 0.717) is 6.61 Å². The first kappa shape index (κ1) is 20.6. The van der Waals surface area contributed by atoms with E-state index in [1.165, 1.54) is 32.1 Å². The van der Waals surface area contributed by atoms with Gasteiger partial charge in [0.2, 0.25) is 0 Å². The van der Waals surface area contributed by atoms with Crippen LogP contribution in [0.2, 0.25) is 0 Å². The van der Waals surface area contributed by atoms with E-state index >= 15 is 0 Å². The number of aromatic nitrogens is 3. The molecule has 1 unspecified atom stereocenters. The molecule has 2 rings (SSSR count). The molecule has 0 saturated carbocycles. The van der Waals surface area contributed by atoms with Gasteiger partial charge in [0.15, 0.2) is 5.72 Å². The van der Waals surface area contributed by atoms with Gasteiger partial charge in [-0.2, -0.15) is 0 Å². The van der Waals surface area contributed by atoms with E-state index in [2.05, 4.69) is 49.3 Å². The van der Waals surface area contributed by atoms with Crippen molar-refractivity contribution in [3.8, 4) is 0 Å². The first-order valence-corrected chi connectivity index (χ1v) is 10.4. The third-order valence-electron chi connectivity index (χ3n) is 4.83. The third kappa shape index (κ3) is 5.41. The molecule has 0 aliphatic rings. The fourth-order valence-corrected chi connectivity index (χ4v) is 3.43. The Bertz CT molecular complexity index is 664. The van der Waals surface area contributed by atoms with Crippen molar-refractivity contribution < 1.29 is 4.74 Å². The minimum absolute atomic E-state index is 0.537. The number of hydrogen-bond donors (Lipinski definition) is 0. The monoisotopic (exact) mass is 357 g/mol. The van der Waals surface area contributed by atoms with Crippen molar-refractivity contribution in [3.05, 3.63) is 36.4 Å². The van der Waals surface area contributed by atoms with Gasteiger partial charge in [0.05, 0.1) is 5.52 Å². The SMILES string of the molecule is CCC/C=C/C(CCCCCCCC)(OCC)n1nnc2ccccc21. The summed E-state index contributed by atoms with van der Waals surface area (Å²) in [5.74, 6) is 0. The van der Waals surface area contributed by atoms with Crippen LogP contribution < -0.4 is 0 Å². The average molecular weight is 358 g/mol. The Labute approximate surface area is 158 Å². The minimum Gasteiger partial charge on any atom is -0.350 e. The standard InChI is InChI=1S/C22H35N3O/c1-4-7-9-10-11-15-19-22(26-6-3,18-14-8-5-2)25-21-17-13-12-16-20(21)23-24-25/h12-14,16-18H,4-11,15,19H2,1-3H3/b18-14+. The molecule has 4 heteroatoms. The lowest BCUT2D eigenvalue weighted by molar-refractivity contribution is -0.0765. The average Bonchev–Trinajstić information content (AvgIpc) is 3.09. The Kier molecular flexibility index (Phi) is 8.82. The molecule has 2 aromatic rings. The molecular formula is C22H35N3O. The van der Waals surface area contributed by atoms with Gasteiger partial charge in [0.25, 0.3) is 0 Å². The van der Waals surface area contributed by atoms with E-state index in [1.54, 1.807) is 0 Å². The number of allylic oxidation sites excluding steroid dienone is 1. The van der Waals surface area contributed by atoms with Crippen molar-refractivity contribution in [1.82, 2.24) is 15.0 Å². The molecule has 4 nitrogen and oxygen atoms in total. The Balaban J connectivity index is 2.24. The molecule has 0 saturated heterocycles. The van der Waals surface area contributed by atoms with Crippen LogP contribution in [0.1, 0.15) is 78.6 Å². The van der Waals surface area contributed by atoms with Crippen LogP contribution in [0.25, 0.3) is 11.0 Å². The number of ether oxygens (including phenoxy) is 1. The van der Waals surface area contributed by atoms with Crippen molar-refractivity contribution in [2.45, 2.75) is 84.3 Å². The number of fused-ring (bicyclic) bond motifs is 1. The maximum Gasteiger partial charge on any atom is 0.182 e. The zero-order valence-corrected chi connectivity index (χ0v) is 16.8.